The topological polar surface area (TPSA) is 76.4 Å². The van der Waals surface area contributed by atoms with E-state index in [0.29, 0.717) is 11.5 Å². The molecule has 4 rings (SSSR count). The van der Waals surface area contributed by atoms with Crippen molar-refractivity contribution in [3.05, 3.63) is 48.4 Å². The molecule has 132 valence electrons. The maximum Gasteiger partial charge on any atom is 0.244 e. The molecule has 0 saturated carbocycles. The molecule has 2 fully saturated rings. The van der Waals surface area contributed by atoms with Crippen LogP contribution in [-0.4, -0.2) is 59.5 Å². The average molecular weight is 348 g/mol. The van der Waals surface area contributed by atoms with Gasteiger partial charge in [0.25, 0.3) is 0 Å². The lowest BCUT2D eigenvalue weighted by atomic mass is 10.1. The Morgan fingerprint density at radius 3 is 2.46 bits per heavy atom. The van der Waals surface area contributed by atoms with Crippen molar-refractivity contribution in [2.45, 2.75) is 12.5 Å². The smallest absolute Gasteiger partial charge is 0.244 e. The molecule has 1 aromatic heterocycles. The van der Waals surface area contributed by atoms with Gasteiger partial charge in [0.15, 0.2) is 11.5 Å². The SMILES string of the molecule is N#Cc1nccnc1N1CCN([C@H]2CCN(c3ccccc3)C2=O)CC1. The van der Waals surface area contributed by atoms with Crippen LogP contribution < -0.4 is 9.80 Å². The zero-order chi connectivity index (χ0) is 17.9. The summed E-state index contributed by atoms with van der Waals surface area (Å²) >= 11 is 0. The number of nitriles is 1. The van der Waals surface area contributed by atoms with Crippen molar-refractivity contribution in [3.8, 4) is 6.07 Å². The second kappa shape index (κ2) is 7.10. The molecule has 26 heavy (non-hydrogen) atoms. The Morgan fingerprint density at radius 1 is 1.00 bits per heavy atom. The minimum absolute atomic E-state index is 0.0605. The van der Waals surface area contributed by atoms with Crippen LogP contribution >= 0.6 is 0 Å². The van der Waals surface area contributed by atoms with Crippen LogP contribution in [-0.2, 0) is 4.79 Å². The van der Waals surface area contributed by atoms with Gasteiger partial charge < -0.3 is 9.80 Å². The first-order chi connectivity index (χ1) is 12.8. The molecule has 2 aliphatic rings. The molecule has 7 heteroatoms. The molecule has 2 saturated heterocycles. The number of hydrogen-bond donors (Lipinski definition) is 0. The van der Waals surface area contributed by atoms with E-state index in [0.717, 1.165) is 44.8 Å². The molecule has 0 aliphatic carbocycles. The number of benzene rings is 1. The molecule has 0 radical (unpaired) electrons. The quantitative estimate of drug-likeness (QED) is 0.832. The van der Waals surface area contributed by atoms with Crippen molar-refractivity contribution in [2.24, 2.45) is 0 Å². The fourth-order valence-corrected chi connectivity index (χ4v) is 3.75. The highest BCUT2D eigenvalue weighted by atomic mass is 16.2. The van der Waals surface area contributed by atoms with Gasteiger partial charge in [0.05, 0.1) is 6.04 Å². The lowest BCUT2D eigenvalue weighted by molar-refractivity contribution is -0.121. The Kier molecular flexibility index (Phi) is 4.50. The highest BCUT2D eigenvalue weighted by molar-refractivity contribution is 5.99. The largest absolute Gasteiger partial charge is 0.352 e. The van der Waals surface area contributed by atoms with Gasteiger partial charge in [-0.25, -0.2) is 9.97 Å². The molecule has 2 aliphatic heterocycles. The average Bonchev–Trinajstić information content (AvgIpc) is 3.10. The number of para-hydroxylation sites is 1. The summed E-state index contributed by atoms with van der Waals surface area (Å²) in [6.45, 7) is 3.79. The van der Waals surface area contributed by atoms with Gasteiger partial charge in [-0.1, -0.05) is 18.2 Å². The standard InChI is InChI=1S/C19H20N6O/c20-14-16-18(22-8-7-21-16)24-12-10-23(11-13-24)17-6-9-25(19(17)26)15-4-2-1-3-5-15/h1-5,7-8,17H,6,9-13H2/t17-/m0/s1. The molecule has 2 aromatic rings. The van der Waals surface area contributed by atoms with Gasteiger partial charge in [-0.3, -0.25) is 9.69 Å². The zero-order valence-corrected chi connectivity index (χ0v) is 14.5. The number of rotatable bonds is 3. The summed E-state index contributed by atoms with van der Waals surface area (Å²) in [5.74, 6) is 0.820. The van der Waals surface area contributed by atoms with Gasteiger partial charge in [0.1, 0.15) is 6.07 Å². The number of aromatic nitrogens is 2. The third-order valence-corrected chi connectivity index (χ3v) is 5.08. The highest BCUT2D eigenvalue weighted by Crippen LogP contribution is 2.25. The number of amides is 1. The van der Waals surface area contributed by atoms with E-state index >= 15 is 0 Å². The Hall–Kier alpha value is -2.98. The van der Waals surface area contributed by atoms with Crippen molar-refractivity contribution in [2.75, 3.05) is 42.5 Å². The number of piperazine rings is 1. The van der Waals surface area contributed by atoms with Crippen LogP contribution in [0.5, 0.6) is 0 Å². The summed E-state index contributed by atoms with van der Waals surface area (Å²) in [7, 11) is 0. The maximum atomic E-state index is 12.9. The Morgan fingerprint density at radius 2 is 1.73 bits per heavy atom. The summed E-state index contributed by atoms with van der Waals surface area (Å²) in [6, 6.07) is 11.9. The van der Waals surface area contributed by atoms with E-state index in [1.165, 1.54) is 6.20 Å². The first-order valence-electron chi connectivity index (χ1n) is 8.84. The molecule has 1 atom stereocenters. The van der Waals surface area contributed by atoms with Crippen LogP contribution in [0, 0.1) is 11.3 Å². The Labute approximate surface area is 152 Å². The molecule has 0 spiro atoms. The van der Waals surface area contributed by atoms with Crippen molar-refractivity contribution >= 4 is 17.4 Å². The molecule has 0 N–H and O–H groups in total. The number of nitrogens with zero attached hydrogens (tertiary/aromatic N) is 6. The van der Waals surface area contributed by atoms with Gasteiger partial charge in [-0.2, -0.15) is 5.26 Å². The van der Waals surface area contributed by atoms with Gasteiger partial charge in [0, 0.05) is 50.8 Å². The monoisotopic (exact) mass is 348 g/mol. The molecule has 0 bridgehead atoms. The van der Waals surface area contributed by atoms with Crippen LogP contribution in [0.15, 0.2) is 42.7 Å². The highest BCUT2D eigenvalue weighted by Gasteiger charge is 2.38. The fraction of sp³-hybridized carbons (Fsp3) is 0.368. The minimum atomic E-state index is -0.0605. The lowest BCUT2D eigenvalue weighted by Gasteiger charge is -2.37. The number of carbonyl (C=O) groups is 1. The third kappa shape index (κ3) is 3.00. The predicted octanol–water partition coefficient (Wildman–Crippen LogP) is 1.28. The summed E-state index contributed by atoms with van der Waals surface area (Å²) in [5.41, 5.74) is 1.32. The second-order valence-corrected chi connectivity index (χ2v) is 6.49. The van der Waals surface area contributed by atoms with Crippen LogP contribution in [0.1, 0.15) is 12.1 Å². The lowest BCUT2D eigenvalue weighted by Crippen LogP contribution is -2.53. The van der Waals surface area contributed by atoms with Crippen LogP contribution in [0.4, 0.5) is 11.5 Å². The zero-order valence-electron chi connectivity index (χ0n) is 14.5. The molecular formula is C19H20N6O. The molecule has 0 unspecified atom stereocenters. The van der Waals surface area contributed by atoms with Gasteiger partial charge in [-0.15, -0.1) is 0 Å². The summed E-state index contributed by atoms with van der Waals surface area (Å²) in [5, 5.41) is 9.21. The van der Waals surface area contributed by atoms with E-state index in [1.807, 2.05) is 35.2 Å². The van der Waals surface area contributed by atoms with E-state index in [-0.39, 0.29) is 11.9 Å². The van der Waals surface area contributed by atoms with Crippen molar-refractivity contribution in [1.29, 1.82) is 5.26 Å². The van der Waals surface area contributed by atoms with Crippen LogP contribution in [0.25, 0.3) is 0 Å². The predicted molar refractivity (Wildman–Crippen MR) is 97.7 cm³/mol. The van der Waals surface area contributed by atoms with Crippen LogP contribution in [0.3, 0.4) is 0 Å². The first kappa shape index (κ1) is 16.5. The summed E-state index contributed by atoms with van der Waals surface area (Å²) in [6.07, 6.45) is 4.00. The Balaban J connectivity index is 1.41. The van der Waals surface area contributed by atoms with E-state index in [4.69, 9.17) is 0 Å². The maximum absolute atomic E-state index is 12.9. The van der Waals surface area contributed by atoms with E-state index in [2.05, 4.69) is 25.8 Å². The molecule has 1 amide bonds. The van der Waals surface area contributed by atoms with Crippen molar-refractivity contribution in [3.63, 3.8) is 0 Å². The van der Waals surface area contributed by atoms with Gasteiger partial charge >= 0.3 is 0 Å². The van der Waals surface area contributed by atoms with Crippen LogP contribution in [0.2, 0.25) is 0 Å². The normalized spacial score (nSPS) is 21.0. The molecule has 1 aromatic carbocycles. The number of anilines is 2. The molecule has 7 nitrogen and oxygen atoms in total. The van der Waals surface area contributed by atoms with Crippen molar-refractivity contribution in [1.82, 2.24) is 14.9 Å². The number of hydrogen-bond acceptors (Lipinski definition) is 6. The second-order valence-electron chi connectivity index (χ2n) is 6.49. The minimum Gasteiger partial charge on any atom is -0.352 e. The van der Waals surface area contributed by atoms with Gasteiger partial charge in [-0.05, 0) is 18.6 Å². The summed E-state index contributed by atoms with van der Waals surface area (Å²) in [4.78, 5) is 27.5. The Bertz CT molecular complexity index is 825. The van der Waals surface area contributed by atoms with E-state index in [9.17, 15) is 10.1 Å². The van der Waals surface area contributed by atoms with Gasteiger partial charge in [0.2, 0.25) is 5.91 Å². The molecule has 3 heterocycles. The third-order valence-electron chi connectivity index (χ3n) is 5.08. The fourth-order valence-electron chi connectivity index (χ4n) is 3.75. The molecular weight excluding hydrogens is 328 g/mol. The number of carbonyl (C=O) groups excluding carboxylic acids is 1. The van der Waals surface area contributed by atoms with E-state index < -0.39 is 0 Å². The first-order valence-corrected chi connectivity index (χ1v) is 8.84. The van der Waals surface area contributed by atoms with E-state index in [1.54, 1.807) is 6.20 Å². The summed E-state index contributed by atoms with van der Waals surface area (Å²) < 4.78 is 0. The van der Waals surface area contributed by atoms with Crippen molar-refractivity contribution < 1.29 is 4.79 Å².